The van der Waals surface area contributed by atoms with Gasteiger partial charge in [0, 0.05) is 0 Å². The Hall–Kier alpha value is -2.48. The molecule has 0 bridgehead atoms. The number of carbonyl (C=O) groups excluding carboxylic acids is 2. The molecule has 2 atom stereocenters. The average molecular weight is 252 g/mol. The zero-order chi connectivity index (χ0) is 14.4. The molecule has 0 aromatic heterocycles. The summed E-state index contributed by atoms with van der Waals surface area (Å²) >= 11 is 0. The molecule has 0 amide bonds. The zero-order valence-corrected chi connectivity index (χ0v) is 10.4. The summed E-state index contributed by atoms with van der Waals surface area (Å²) in [6, 6.07) is 3.17. The Bertz CT molecular complexity index is 419. The predicted octanol–water partition coefficient (Wildman–Crippen LogP) is 0.349. The van der Waals surface area contributed by atoms with Crippen molar-refractivity contribution in [2.45, 2.75) is 24.9 Å². The van der Waals surface area contributed by atoms with Crippen molar-refractivity contribution in [1.29, 1.82) is 10.5 Å². The number of hydrogen-bond acceptors (Lipinski definition) is 8. The molecule has 0 aromatic carbocycles. The maximum atomic E-state index is 11.3. The van der Waals surface area contributed by atoms with Crippen LogP contribution in [0, 0.1) is 22.7 Å². The number of esters is 2. The highest BCUT2D eigenvalue weighted by molar-refractivity contribution is 5.85. The molecule has 0 aliphatic rings. The molecule has 0 rings (SSSR count). The van der Waals surface area contributed by atoms with Crippen molar-refractivity contribution in [2.24, 2.45) is 10.2 Å². The van der Waals surface area contributed by atoms with Gasteiger partial charge in [0.05, 0.1) is 14.2 Å². The summed E-state index contributed by atoms with van der Waals surface area (Å²) in [4.78, 5) is 22.6. The normalized spacial score (nSPS) is 16.8. The quantitative estimate of drug-likeness (QED) is 0.525. The Balaban J connectivity index is 5.37. The molecule has 0 aliphatic heterocycles. The second-order valence-corrected chi connectivity index (χ2v) is 3.55. The summed E-state index contributed by atoms with van der Waals surface area (Å²) in [5.74, 6) is -1.89. The van der Waals surface area contributed by atoms with Crippen molar-refractivity contribution >= 4 is 11.9 Å². The zero-order valence-electron chi connectivity index (χ0n) is 10.4. The molecular formula is C10H12N4O4. The van der Waals surface area contributed by atoms with E-state index in [1.54, 1.807) is 12.1 Å². The average Bonchev–Trinajstić information content (AvgIpc) is 2.42. The van der Waals surface area contributed by atoms with Gasteiger partial charge in [0.1, 0.15) is 12.1 Å². The van der Waals surface area contributed by atoms with Crippen LogP contribution >= 0.6 is 0 Å². The van der Waals surface area contributed by atoms with Gasteiger partial charge >= 0.3 is 11.9 Å². The molecule has 0 radical (unpaired) electrons. The third-order valence-corrected chi connectivity index (χ3v) is 2.05. The molecule has 0 N–H and O–H groups in total. The van der Waals surface area contributed by atoms with Crippen molar-refractivity contribution in [3.05, 3.63) is 0 Å². The molecule has 0 saturated heterocycles. The van der Waals surface area contributed by atoms with Crippen LogP contribution in [0.15, 0.2) is 10.2 Å². The van der Waals surface area contributed by atoms with Crippen molar-refractivity contribution in [3.8, 4) is 12.1 Å². The minimum atomic E-state index is -1.92. The van der Waals surface area contributed by atoms with Crippen LogP contribution in [0.1, 0.15) is 13.8 Å². The monoisotopic (exact) mass is 252 g/mol. The largest absolute Gasteiger partial charge is 0.466 e. The van der Waals surface area contributed by atoms with Crippen molar-refractivity contribution < 1.29 is 19.1 Å². The van der Waals surface area contributed by atoms with Crippen LogP contribution in [0.3, 0.4) is 0 Å². The third kappa shape index (κ3) is 3.01. The second-order valence-electron chi connectivity index (χ2n) is 3.55. The Morgan fingerprint density at radius 1 is 0.944 bits per heavy atom. The third-order valence-electron chi connectivity index (χ3n) is 2.05. The van der Waals surface area contributed by atoms with Crippen LogP contribution in [0.2, 0.25) is 0 Å². The lowest BCUT2D eigenvalue weighted by atomic mass is 10.1. The van der Waals surface area contributed by atoms with Gasteiger partial charge in [-0.1, -0.05) is 0 Å². The first kappa shape index (κ1) is 15.5. The van der Waals surface area contributed by atoms with Gasteiger partial charge in [-0.25, -0.2) is 9.59 Å². The molecule has 0 spiro atoms. The van der Waals surface area contributed by atoms with Gasteiger partial charge in [0.15, 0.2) is 0 Å². The van der Waals surface area contributed by atoms with Crippen LogP contribution in [0.25, 0.3) is 0 Å². The number of carbonyl (C=O) groups is 2. The van der Waals surface area contributed by atoms with Crippen molar-refractivity contribution in [3.63, 3.8) is 0 Å². The maximum Gasteiger partial charge on any atom is 0.350 e. The topological polar surface area (TPSA) is 125 Å². The van der Waals surface area contributed by atoms with E-state index in [9.17, 15) is 9.59 Å². The fraction of sp³-hybridized carbons (Fsp3) is 0.600. The summed E-state index contributed by atoms with van der Waals surface area (Å²) in [5, 5.41) is 24.5. The SMILES string of the molecule is COC(=O)C(C)(C#N)N=NC(C)(C#N)C(=O)OC. The second kappa shape index (κ2) is 5.73. The van der Waals surface area contributed by atoms with Crippen LogP contribution in [-0.4, -0.2) is 37.2 Å². The van der Waals surface area contributed by atoms with E-state index in [1.807, 2.05) is 0 Å². The highest BCUT2D eigenvalue weighted by Crippen LogP contribution is 2.18. The first-order chi connectivity index (χ1) is 8.29. The first-order valence-corrected chi connectivity index (χ1v) is 4.73. The number of rotatable bonds is 4. The number of azo groups is 1. The molecule has 0 heterocycles. The number of methoxy groups -OCH3 is 2. The van der Waals surface area contributed by atoms with Crippen molar-refractivity contribution in [1.82, 2.24) is 0 Å². The Labute approximate surface area is 104 Å². The molecule has 0 aromatic rings. The van der Waals surface area contributed by atoms with Crippen LogP contribution < -0.4 is 0 Å². The van der Waals surface area contributed by atoms with E-state index in [0.717, 1.165) is 28.1 Å². The first-order valence-electron chi connectivity index (χ1n) is 4.73. The van der Waals surface area contributed by atoms with E-state index >= 15 is 0 Å². The standard InChI is InChI=1S/C10H12N4O4/c1-9(5-11,7(15)17-3)13-14-10(2,6-12)8(16)18-4/h1-4H3. The predicted molar refractivity (Wildman–Crippen MR) is 56.9 cm³/mol. The minimum Gasteiger partial charge on any atom is -0.466 e. The Morgan fingerprint density at radius 2 is 1.22 bits per heavy atom. The van der Waals surface area contributed by atoms with Crippen molar-refractivity contribution in [2.75, 3.05) is 14.2 Å². The van der Waals surface area contributed by atoms with Gasteiger partial charge in [-0.3, -0.25) is 0 Å². The lowest BCUT2D eigenvalue weighted by molar-refractivity contribution is -0.146. The Morgan fingerprint density at radius 3 is 1.39 bits per heavy atom. The summed E-state index contributed by atoms with van der Waals surface area (Å²) in [5.41, 5.74) is -3.83. The molecule has 8 heteroatoms. The van der Waals surface area contributed by atoms with Crippen LogP contribution in [-0.2, 0) is 19.1 Å². The van der Waals surface area contributed by atoms with E-state index in [-0.39, 0.29) is 0 Å². The lowest BCUT2D eigenvalue weighted by Gasteiger charge is -2.15. The molecule has 0 aliphatic carbocycles. The molecule has 18 heavy (non-hydrogen) atoms. The smallest absolute Gasteiger partial charge is 0.350 e. The maximum absolute atomic E-state index is 11.3. The fourth-order valence-electron chi connectivity index (χ4n) is 0.815. The van der Waals surface area contributed by atoms with E-state index in [0.29, 0.717) is 0 Å². The number of nitrogens with zero attached hydrogens (tertiary/aromatic N) is 4. The highest BCUT2D eigenvalue weighted by Gasteiger charge is 2.39. The molecule has 8 nitrogen and oxygen atoms in total. The highest BCUT2D eigenvalue weighted by atomic mass is 16.5. The van der Waals surface area contributed by atoms with Gasteiger partial charge in [0.2, 0.25) is 0 Å². The molecule has 96 valence electrons. The van der Waals surface area contributed by atoms with E-state index < -0.39 is 23.0 Å². The van der Waals surface area contributed by atoms with E-state index in [2.05, 4.69) is 19.7 Å². The van der Waals surface area contributed by atoms with Gasteiger partial charge in [-0.15, -0.1) is 0 Å². The van der Waals surface area contributed by atoms with Gasteiger partial charge < -0.3 is 9.47 Å². The summed E-state index contributed by atoms with van der Waals surface area (Å²) in [6.07, 6.45) is 0. The molecule has 2 unspecified atom stereocenters. The Kier molecular flexibility index (Phi) is 4.94. The number of hydrogen-bond donors (Lipinski definition) is 0. The number of nitriles is 2. The molecular weight excluding hydrogens is 240 g/mol. The van der Waals surface area contributed by atoms with Crippen LogP contribution in [0.4, 0.5) is 0 Å². The van der Waals surface area contributed by atoms with Gasteiger partial charge in [0.25, 0.3) is 11.1 Å². The van der Waals surface area contributed by atoms with Gasteiger partial charge in [-0.05, 0) is 13.8 Å². The van der Waals surface area contributed by atoms with E-state index in [1.165, 1.54) is 0 Å². The summed E-state index contributed by atoms with van der Waals surface area (Å²) in [6.45, 7) is 2.30. The van der Waals surface area contributed by atoms with Gasteiger partial charge in [-0.2, -0.15) is 20.8 Å². The van der Waals surface area contributed by atoms with E-state index in [4.69, 9.17) is 10.5 Å². The minimum absolute atomic E-state index is 0.945. The molecule has 0 saturated carbocycles. The fourth-order valence-corrected chi connectivity index (χ4v) is 0.815. The molecule has 0 fully saturated rings. The summed E-state index contributed by atoms with van der Waals surface area (Å²) in [7, 11) is 2.16. The number of ether oxygens (including phenoxy) is 2. The summed E-state index contributed by atoms with van der Waals surface area (Å²) < 4.78 is 8.76. The van der Waals surface area contributed by atoms with Crippen LogP contribution in [0.5, 0.6) is 0 Å². The lowest BCUT2D eigenvalue weighted by Crippen LogP contribution is -2.36.